The molecule has 1 aliphatic heterocycles. The van der Waals surface area contributed by atoms with Crippen molar-refractivity contribution in [2.75, 3.05) is 50.1 Å². The summed E-state index contributed by atoms with van der Waals surface area (Å²) >= 11 is 5.91. The second kappa shape index (κ2) is 11.9. The fourth-order valence-electron chi connectivity index (χ4n) is 3.73. The molecule has 0 aliphatic carbocycles. The zero-order valence-electron chi connectivity index (χ0n) is 19.4. The maximum Gasteiger partial charge on any atom is 0.248 e. The minimum Gasteiger partial charge on any atom is -0.492 e. The van der Waals surface area contributed by atoms with Crippen LogP contribution in [0.2, 0.25) is 5.02 Å². The van der Waals surface area contributed by atoms with Crippen molar-refractivity contribution in [3.8, 4) is 5.75 Å². The lowest BCUT2D eigenvalue weighted by Crippen LogP contribution is -2.26. The first kappa shape index (κ1) is 24.8. The van der Waals surface area contributed by atoms with E-state index in [9.17, 15) is 9.18 Å². The van der Waals surface area contributed by atoms with Crippen molar-refractivity contribution in [2.45, 2.75) is 13.3 Å². The largest absolute Gasteiger partial charge is 0.492 e. The number of nitrogens with zero attached hydrogens (tertiary/aromatic N) is 3. The zero-order chi connectivity index (χ0) is 24.6. The van der Waals surface area contributed by atoms with E-state index in [1.165, 1.54) is 24.5 Å². The molecule has 0 radical (unpaired) electrons. The van der Waals surface area contributed by atoms with E-state index in [1.807, 2.05) is 13.0 Å². The van der Waals surface area contributed by atoms with E-state index in [0.29, 0.717) is 53.6 Å². The van der Waals surface area contributed by atoms with Gasteiger partial charge < -0.3 is 20.1 Å². The number of halogens is 2. The smallest absolute Gasteiger partial charge is 0.248 e. The van der Waals surface area contributed by atoms with Crippen molar-refractivity contribution in [3.05, 3.63) is 59.7 Å². The molecule has 2 aromatic carbocycles. The number of nitrogens with one attached hydrogen (secondary N) is 2. The third kappa shape index (κ3) is 6.66. The summed E-state index contributed by atoms with van der Waals surface area (Å²) in [6.45, 7) is 6.24. The number of amides is 1. The molecule has 0 spiro atoms. The number of fused-ring (bicyclic) bond motifs is 1. The molecule has 1 saturated heterocycles. The Labute approximate surface area is 208 Å². The fraction of sp³-hybridized carbons (Fsp3) is 0.320. The molecular weight excluding hydrogens is 473 g/mol. The minimum atomic E-state index is -0.506. The van der Waals surface area contributed by atoms with Crippen LogP contribution in [0.4, 0.5) is 21.6 Å². The molecule has 10 heteroatoms. The molecule has 0 saturated carbocycles. The standard InChI is InChI=1S/C25H27ClFN5O3/c1-2-35-23-15-21-18(25(29-16-28-21)30-17-6-7-20(27)19(26)13-17)14-22(23)31-24(33)5-3-8-32-9-4-11-34-12-10-32/h3,5-7,13-16H,2,4,8-12H2,1H3,(H,31,33)(H,28,29,30). The number of anilines is 3. The highest BCUT2D eigenvalue weighted by atomic mass is 35.5. The van der Waals surface area contributed by atoms with E-state index >= 15 is 0 Å². The number of carbonyl (C=O) groups excluding carboxylic acids is 1. The van der Waals surface area contributed by atoms with Gasteiger partial charge in [-0.3, -0.25) is 9.69 Å². The minimum absolute atomic E-state index is 0.000523. The van der Waals surface area contributed by atoms with E-state index in [2.05, 4.69) is 25.5 Å². The average molecular weight is 500 g/mol. The normalized spacial score (nSPS) is 14.7. The predicted molar refractivity (Wildman–Crippen MR) is 135 cm³/mol. The Bertz CT molecular complexity index is 1220. The molecule has 1 amide bonds. The van der Waals surface area contributed by atoms with Gasteiger partial charge in [-0.25, -0.2) is 14.4 Å². The maximum atomic E-state index is 13.5. The summed E-state index contributed by atoms with van der Waals surface area (Å²) in [6.07, 6.45) is 5.76. The molecule has 8 nitrogen and oxygen atoms in total. The van der Waals surface area contributed by atoms with Crippen LogP contribution in [-0.4, -0.2) is 60.2 Å². The van der Waals surface area contributed by atoms with Crippen LogP contribution in [-0.2, 0) is 9.53 Å². The lowest BCUT2D eigenvalue weighted by atomic mass is 10.1. The second-order valence-corrected chi connectivity index (χ2v) is 8.34. The van der Waals surface area contributed by atoms with Crippen molar-refractivity contribution in [2.24, 2.45) is 0 Å². The maximum absolute atomic E-state index is 13.5. The summed E-state index contributed by atoms with van der Waals surface area (Å²) in [7, 11) is 0. The Balaban J connectivity index is 1.55. The number of hydrogen-bond donors (Lipinski definition) is 2. The van der Waals surface area contributed by atoms with Gasteiger partial charge in [-0.2, -0.15) is 0 Å². The van der Waals surface area contributed by atoms with Gasteiger partial charge in [0.1, 0.15) is 23.7 Å². The van der Waals surface area contributed by atoms with Crippen molar-refractivity contribution in [1.29, 1.82) is 0 Å². The highest BCUT2D eigenvalue weighted by Crippen LogP contribution is 2.33. The molecule has 1 fully saturated rings. The number of carbonyl (C=O) groups is 1. The van der Waals surface area contributed by atoms with Crippen LogP contribution < -0.4 is 15.4 Å². The van der Waals surface area contributed by atoms with Crippen LogP contribution >= 0.6 is 11.6 Å². The van der Waals surface area contributed by atoms with Gasteiger partial charge >= 0.3 is 0 Å². The van der Waals surface area contributed by atoms with E-state index in [1.54, 1.807) is 18.2 Å². The fourth-order valence-corrected chi connectivity index (χ4v) is 3.91. The Morgan fingerprint density at radius 3 is 2.97 bits per heavy atom. The SMILES string of the molecule is CCOc1cc2ncnc(Nc3ccc(F)c(Cl)c3)c2cc1NC(=O)C=CCN1CCCOCC1. The highest BCUT2D eigenvalue weighted by Gasteiger charge is 2.14. The van der Waals surface area contributed by atoms with Crippen molar-refractivity contribution in [3.63, 3.8) is 0 Å². The Morgan fingerprint density at radius 1 is 1.26 bits per heavy atom. The zero-order valence-corrected chi connectivity index (χ0v) is 20.1. The molecule has 0 atom stereocenters. The van der Waals surface area contributed by atoms with Crippen LogP contribution in [0.25, 0.3) is 10.9 Å². The molecule has 4 rings (SSSR count). The van der Waals surface area contributed by atoms with Crippen LogP contribution in [0.3, 0.4) is 0 Å². The van der Waals surface area contributed by atoms with Gasteiger partial charge in [0.2, 0.25) is 5.91 Å². The van der Waals surface area contributed by atoms with Crippen LogP contribution in [0, 0.1) is 5.82 Å². The first-order chi connectivity index (χ1) is 17.0. The first-order valence-electron chi connectivity index (χ1n) is 11.4. The molecular formula is C25H27ClFN5O3. The van der Waals surface area contributed by atoms with Gasteiger partial charge in [-0.15, -0.1) is 0 Å². The van der Waals surface area contributed by atoms with Gasteiger partial charge in [-0.1, -0.05) is 17.7 Å². The first-order valence-corrected chi connectivity index (χ1v) is 11.8. The monoisotopic (exact) mass is 499 g/mol. The van der Waals surface area contributed by atoms with Crippen molar-refractivity contribution < 1.29 is 18.7 Å². The summed E-state index contributed by atoms with van der Waals surface area (Å²) < 4.78 is 24.7. The lowest BCUT2D eigenvalue weighted by Gasteiger charge is -2.16. The van der Waals surface area contributed by atoms with Gasteiger partial charge in [-0.05, 0) is 37.6 Å². The molecule has 0 bridgehead atoms. The van der Waals surface area contributed by atoms with Gasteiger partial charge in [0, 0.05) is 49.5 Å². The number of benzene rings is 2. The van der Waals surface area contributed by atoms with Crippen molar-refractivity contribution >= 4 is 45.6 Å². The average Bonchev–Trinajstić information content (AvgIpc) is 3.11. The quantitative estimate of drug-likeness (QED) is 0.431. The lowest BCUT2D eigenvalue weighted by molar-refractivity contribution is -0.111. The molecule has 35 heavy (non-hydrogen) atoms. The topological polar surface area (TPSA) is 88.6 Å². The Morgan fingerprint density at radius 2 is 2.14 bits per heavy atom. The summed E-state index contributed by atoms with van der Waals surface area (Å²) in [6, 6.07) is 7.82. The Kier molecular flexibility index (Phi) is 8.46. The predicted octanol–water partition coefficient (Wildman–Crippen LogP) is 4.78. The summed E-state index contributed by atoms with van der Waals surface area (Å²) in [5.74, 6) is 0.206. The number of rotatable bonds is 8. The highest BCUT2D eigenvalue weighted by molar-refractivity contribution is 6.31. The van der Waals surface area contributed by atoms with E-state index < -0.39 is 5.82 Å². The second-order valence-electron chi connectivity index (χ2n) is 7.93. The summed E-state index contributed by atoms with van der Waals surface area (Å²) in [5, 5.41) is 6.69. The molecule has 0 unspecified atom stereocenters. The van der Waals surface area contributed by atoms with Crippen LogP contribution in [0.1, 0.15) is 13.3 Å². The van der Waals surface area contributed by atoms with E-state index in [-0.39, 0.29) is 10.9 Å². The molecule has 3 aromatic rings. The van der Waals surface area contributed by atoms with Crippen molar-refractivity contribution in [1.82, 2.24) is 14.9 Å². The van der Waals surface area contributed by atoms with Gasteiger partial charge in [0.25, 0.3) is 0 Å². The third-order valence-electron chi connectivity index (χ3n) is 5.42. The van der Waals surface area contributed by atoms with Crippen LogP contribution in [0.5, 0.6) is 5.75 Å². The summed E-state index contributed by atoms with van der Waals surface area (Å²) in [5.41, 5.74) is 1.68. The Hall–Kier alpha value is -3.27. The number of ether oxygens (including phenoxy) is 2. The van der Waals surface area contributed by atoms with Crippen LogP contribution in [0.15, 0.2) is 48.8 Å². The van der Waals surface area contributed by atoms with E-state index in [4.69, 9.17) is 21.1 Å². The number of aromatic nitrogens is 2. The molecule has 2 N–H and O–H groups in total. The third-order valence-corrected chi connectivity index (χ3v) is 5.71. The molecule has 1 aliphatic rings. The molecule has 1 aromatic heterocycles. The number of hydrogen-bond acceptors (Lipinski definition) is 7. The molecule has 2 heterocycles. The molecule has 184 valence electrons. The van der Waals surface area contributed by atoms with Gasteiger partial charge in [0.15, 0.2) is 0 Å². The van der Waals surface area contributed by atoms with E-state index in [0.717, 1.165) is 26.1 Å². The van der Waals surface area contributed by atoms with Gasteiger partial charge in [0.05, 0.1) is 29.4 Å². The summed E-state index contributed by atoms with van der Waals surface area (Å²) in [4.78, 5) is 23.6.